The summed E-state index contributed by atoms with van der Waals surface area (Å²) in [6, 6.07) is 0.174. The summed E-state index contributed by atoms with van der Waals surface area (Å²) in [7, 11) is 4.06. The highest BCUT2D eigenvalue weighted by Crippen LogP contribution is 1.93. The van der Waals surface area contributed by atoms with Crippen molar-refractivity contribution in [3.05, 3.63) is 0 Å². The average molecular weight is 140 g/mol. The van der Waals surface area contributed by atoms with Crippen LogP contribution in [-0.4, -0.2) is 31.6 Å². The third-order valence-electron chi connectivity index (χ3n) is 1.33. The zero-order valence-corrected chi connectivity index (χ0v) is 6.80. The average Bonchev–Trinajstić information content (AvgIpc) is 1.85. The second-order valence-electron chi connectivity index (χ2n) is 2.76. The van der Waals surface area contributed by atoms with Gasteiger partial charge in [-0.2, -0.15) is 0 Å². The number of hydrogen-bond acceptors (Lipinski definition) is 2. The van der Waals surface area contributed by atoms with Gasteiger partial charge < -0.3 is 10.6 Å². The van der Waals surface area contributed by atoms with Crippen LogP contribution in [0.1, 0.15) is 12.8 Å². The molecule has 2 heteroatoms. The summed E-state index contributed by atoms with van der Waals surface area (Å²) in [5, 5.41) is 0. The van der Waals surface area contributed by atoms with Crippen LogP contribution in [0.2, 0.25) is 0 Å². The Labute approximate surface area is 63.4 Å². The van der Waals surface area contributed by atoms with Crippen LogP contribution in [0.25, 0.3) is 0 Å². The van der Waals surface area contributed by atoms with Crippen molar-refractivity contribution < 1.29 is 0 Å². The van der Waals surface area contributed by atoms with Crippen molar-refractivity contribution in [3.8, 4) is 12.3 Å². The molecular weight excluding hydrogens is 124 g/mol. The van der Waals surface area contributed by atoms with E-state index in [4.69, 9.17) is 12.2 Å². The number of nitrogens with zero attached hydrogens (tertiary/aromatic N) is 1. The maximum atomic E-state index is 5.66. The summed E-state index contributed by atoms with van der Waals surface area (Å²) in [5.74, 6) is 2.55. The van der Waals surface area contributed by atoms with Crippen LogP contribution in [0.15, 0.2) is 0 Å². The number of hydrogen-bond donors (Lipinski definition) is 1. The minimum absolute atomic E-state index is 0.174. The van der Waals surface area contributed by atoms with Crippen LogP contribution in [0.4, 0.5) is 0 Å². The van der Waals surface area contributed by atoms with Crippen LogP contribution in [0, 0.1) is 12.3 Å². The minimum atomic E-state index is 0.174. The molecule has 0 aromatic rings. The normalized spacial score (nSPS) is 13.1. The van der Waals surface area contributed by atoms with Crippen molar-refractivity contribution in [2.24, 2.45) is 5.73 Å². The topological polar surface area (TPSA) is 29.3 Å². The third kappa shape index (κ3) is 5.61. The lowest BCUT2D eigenvalue weighted by Gasteiger charge is -2.12. The summed E-state index contributed by atoms with van der Waals surface area (Å²) in [4.78, 5) is 2.11. The summed E-state index contributed by atoms with van der Waals surface area (Å²) < 4.78 is 0. The van der Waals surface area contributed by atoms with Gasteiger partial charge in [-0.1, -0.05) is 0 Å². The molecule has 0 spiro atoms. The predicted octanol–water partition coefficient (Wildman–Crippen LogP) is 0.289. The molecule has 0 aromatic heterocycles. The Morgan fingerprint density at radius 3 is 2.60 bits per heavy atom. The fraction of sp³-hybridized carbons (Fsp3) is 0.750. The molecule has 0 amide bonds. The Balaban J connectivity index is 3.23. The van der Waals surface area contributed by atoms with E-state index in [0.717, 1.165) is 13.0 Å². The largest absolute Gasteiger partial charge is 0.327 e. The second-order valence-corrected chi connectivity index (χ2v) is 2.76. The number of rotatable bonds is 4. The SMILES string of the molecule is C#CCC(N)CCN(C)C. The van der Waals surface area contributed by atoms with Crippen molar-refractivity contribution >= 4 is 0 Å². The Hall–Kier alpha value is -0.520. The highest BCUT2D eigenvalue weighted by molar-refractivity contribution is 4.88. The predicted molar refractivity (Wildman–Crippen MR) is 44.6 cm³/mol. The quantitative estimate of drug-likeness (QED) is 0.569. The van der Waals surface area contributed by atoms with Gasteiger partial charge in [0.05, 0.1) is 0 Å². The lowest BCUT2D eigenvalue weighted by molar-refractivity contribution is 0.381. The lowest BCUT2D eigenvalue weighted by Crippen LogP contribution is -2.25. The standard InChI is InChI=1S/C8H16N2/c1-4-5-8(9)6-7-10(2)3/h1,8H,5-7,9H2,2-3H3. The second kappa shape index (κ2) is 5.28. The first kappa shape index (κ1) is 9.48. The van der Waals surface area contributed by atoms with E-state index >= 15 is 0 Å². The van der Waals surface area contributed by atoms with Gasteiger partial charge in [-0.15, -0.1) is 12.3 Å². The van der Waals surface area contributed by atoms with Gasteiger partial charge in [0.1, 0.15) is 0 Å². The molecule has 0 rings (SSSR count). The Bertz CT molecular complexity index is 113. The number of nitrogens with two attached hydrogens (primary N) is 1. The Morgan fingerprint density at radius 2 is 2.20 bits per heavy atom. The highest BCUT2D eigenvalue weighted by Gasteiger charge is 1.99. The monoisotopic (exact) mass is 140 g/mol. The van der Waals surface area contributed by atoms with Gasteiger partial charge in [0.15, 0.2) is 0 Å². The summed E-state index contributed by atoms with van der Waals surface area (Å²) in [6.07, 6.45) is 6.76. The Morgan fingerprint density at radius 1 is 1.60 bits per heavy atom. The molecule has 0 aliphatic rings. The van der Waals surface area contributed by atoms with Crippen LogP contribution >= 0.6 is 0 Å². The van der Waals surface area contributed by atoms with E-state index in [-0.39, 0.29) is 6.04 Å². The maximum Gasteiger partial charge on any atom is 0.0239 e. The molecule has 1 unspecified atom stereocenters. The van der Waals surface area contributed by atoms with E-state index in [9.17, 15) is 0 Å². The van der Waals surface area contributed by atoms with Crippen LogP contribution in [-0.2, 0) is 0 Å². The molecule has 1 atom stereocenters. The highest BCUT2D eigenvalue weighted by atomic mass is 15.0. The van der Waals surface area contributed by atoms with Crippen molar-refractivity contribution in [1.82, 2.24) is 4.90 Å². The third-order valence-corrected chi connectivity index (χ3v) is 1.33. The first-order chi connectivity index (χ1) is 4.66. The molecule has 0 bridgehead atoms. The molecule has 2 nitrogen and oxygen atoms in total. The molecule has 0 radical (unpaired) electrons. The van der Waals surface area contributed by atoms with E-state index in [2.05, 4.69) is 10.8 Å². The van der Waals surface area contributed by atoms with Crippen LogP contribution < -0.4 is 5.73 Å². The van der Waals surface area contributed by atoms with E-state index < -0.39 is 0 Å². The lowest BCUT2D eigenvalue weighted by atomic mass is 10.1. The van der Waals surface area contributed by atoms with E-state index in [1.165, 1.54) is 0 Å². The first-order valence-electron chi connectivity index (χ1n) is 3.50. The van der Waals surface area contributed by atoms with Gasteiger partial charge in [-0.25, -0.2) is 0 Å². The van der Waals surface area contributed by atoms with E-state index in [1.807, 2.05) is 14.1 Å². The van der Waals surface area contributed by atoms with Crippen LogP contribution in [0.5, 0.6) is 0 Å². The molecule has 2 N–H and O–H groups in total. The van der Waals surface area contributed by atoms with Crippen molar-refractivity contribution in [2.45, 2.75) is 18.9 Å². The van der Waals surface area contributed by atoms with Crippen molar-refractivity contribution in [3.63, 3.8) is 0 Å². The Kier molecular flexibility index (Phi) is 5.00. The van der Waals surface area contributed by atoms with Crippen molar-refractivity contribution in [1.29, 1.82) is 0 Å². The molecular formula is C8H16N2. The maximum absolute atomic E-state index is 5.66. The van der Waals surface area contributed by atoms with Crippen molar-refractivity contribution in [2.75, 3.05) is 20.6 Å². The first-order valence-corrected chi connectivity index (χ1v) is 3.50. The van der Waals surface area contributed by atoms with Gasteiger partial charge in [-0.05, 0) is 27.1 Å². The number of terminal acetylenes is 1. The van der Waals surface area contributed by atoms with Gasteiger partial charge in [0, 0.05) is 12.5 Å². The molecule has 0 aliphatic heterocycles. The summed E-state index contributed by atoms with van der Waals surface area (Å²) in [5.41, 5.74) is 5.66. The molecule has 58 valence electrons. The zero-order valence-electron chi connectivity index (χ0n) is 6.80. The fourth-order valence-corrected chi connectivity index (χ4v) is 0.677. The smallest absolute Gasteiger partial charge is 0.0239 e. The van der Waals surface area contributed by atoms with Gasteiger partial charge >= 0.3 is 0 Å². The summed E-state index contributed by atoms with van der Waals surface area (Å²) in [6.45, 7) is 1.02. The zero-order chi connectivity index (χ0) is 7.98. The van der Waals surface area contributed by atoms with E-state index in [1.54, 1.807) is 0 Å². The minimum Gasteiger partial charge on any atom is -0.327 e. The molecule has 0 fully saturated rings. The van der Waals surface area contributed by atoms with Gasteiger partial charge in [0.2, 0.25) is 0 Å². The fourth-order valence-electron chi connectivity index (χ4n) is 0.677. The van der Waals surface area contributed by atoms with Gasteiger partial charge in [0.25, 0.3) is 0 Å². The molecule has 10 heavy (non-hydrogen) atoms. The molecule has 0 aliphatic carbocycles. The summed E-state index contributed by atoms with van der Waals surface area (Å²) >= 11 is 0. The molecule has 0 heterocycles. The molecule has 0 aromatic carbocycles. The molecule has 0 saturated carbocycles. The van der Waals surface area contributed by atoms with E-state index in [0.29, 0.717) is 6.42 Å². The molecule has 0 saturated heterocycles. The van der Waals surface area contributed by atoms with Gasteiger partial charge in [-0.3, -0.25) is 0 Å². The van der Waals surface area contributed by atoms with Crippen LogP contribution in [0.3, 0.4) is 0 Å².